The summed E-state index contributed by atoms with van der Waals surface area (Å²) in [5.41, 5.74) is -1.65. The number of hydrogen-bond donors (Lipinski definition) is 7. The lowest BCUT2D eigenvalue weighted by atomic mass is 9.98. The molecule has 0 amide bonds. The number of phenolic OH excluding ortho intramolecular Hbond substituents is 7. The van der Waals surface area contributed by atoms with Crippen molar-refractivity contribution in [3.63, 3.8) is 0 Å². The molecular weight excluding hydrogens is 284 g/mol. The average Bonchev–Trinajstić information content (AvgIpc) is 2.41. The van der Waals surface area contributed by atoms with Gasteiger partial charge in [-0.25, -0.2) is 0 Å². The summed E-state index contributed by atoms with van der Waals surface area (Å²) in [4.78, 5) is 12.2. The van der Waals surface area contributed by atoms with Crippen molar-refractivity contribution in [2.24, 2.45) is 0 Å². The van der Waals surface area contributed by atoms with Crippen molar-refractivity contribution in [3.05, 3.63) is 29.3 Å². The van der Waals surface area contributed by atoms with Gasteiger partial charge in [0, 0.05) is 6.07 Å². The van der Waals surface area contributed by atoms with Crippen molar-refractivity contribution in [2.75, 3.05) is 0 Å². The highest BCUT2D eigenvalue weighted by molar-refractivity contribution is 6.16. The van der Waals surface area contributed by atoms with E-state index in [0.29, 0.717) is 6.07 Å². The number of carbonyl (C=O) groups excluding carboxylic acids is 1. The topological polar surface area (TPSA) is 159 Å². The van der Waals surface area contributed by atoms with Crippen LogP contribution in [-0.2, 0) is 0 Å². The third kappa shape index (κ3) is 2.08. The van der Waals surface area contributed by atoms with Crippen molar-refractivity contribution in [1.29, 1.82) is 0 Å². The first-order valence-corrected chi connectivity index (χ1v) is 5.51. The highest BCUT2D eigenvalue weighted by Crippen LogP contribution is 2.45. The van der Waals surface area contributed by atoms with Crippen molar-refractivity contribution in [1.82, 2.24) is 0 Å². The summed E-state index contributed by atoms with van der Waals surface area (Å²) in [5, 5.41) is 66.3. The third-order valence-corrected chi connectivity index (χ3v) is 2.82. The molecular formula is C13H10O8. The summed E-state index contributed by atoms with van der Waals surface area (Å²) < 4.78 is 0. The van der Waals surface area contributed by atoms with Gasteiger partial charge in [0.2, 0.25) is 11.5 Å². The second-order valence-corrected chi connectivity index (χ2v) is 4.14. The van der Waals surface area contributed by atoms with E-state index in [1.165, 1.54) is 0 Å². The van der Waals surface area contributed by atoms with Crippen LogP contribution in [0.1, 0.15) is 15.9 Å². The van der Waals surface area contributed by atoms with E-state index in [1.54, 1.807) is 0 Å². The number of benzene rings is 2. The van der Waals surface area contributed by atoms with E-state index in [0.717, 1.165) is 12.1 Å². The Kier molecular flexibility index (Phi) is 3.14. The van der Waals surface area contributed by atoms with E-state index >= 15 is 0 Å². The molecule has 0 fully saturated rings. The quantitative estimate of drug-likeness (QED) is 0.244. The monoisotopic (exact) mass is 294 g/mol. The number of carbonyl (C=O) groups is 1. The molecule has 0 bridgehead atoms. The van der Waals surface area contributed by atoms with Crippen molar-refractivity contribution < 1.29 is 40.5 Å². The molecule has 2 aromatic rings. The Balaban J connectivity index is 2.73. The zero-order chi connectivity index (χ0) is 15.9. The molecule has 0 aliphatic carbocycles. The van der Waals surface area contributed by atoms with E-state index < -0.39 is 57.2 Å². The molecule has 0 saturated heterocycles. The molecule has 8 nitrogen and oxygen atoms in total. The van der Waals surface area contributed by atoms with Gasteiger partial charge in [-0.3, -0.25) is 4.79 Å². The SMILES string of the molecule is O=C(c1c(O)ccc(O)c1O)c1c(O)cc(O)c(O)c1O. The fourth-order valence-corrected chi connectivity index (χ4v) is 1.77. The first-order valence-electron chi connectivity index (χ1n) is 5.51. The van der Waals surface area contributed by atoms with Gasteiger partial charge in [0.1, 0.15) is 22.6 Å². The van der Waals surface area contributed by atoms with Gasteiger partial charge in [0.25, 0.3) is 0 Å². The molecule has 21 heavy (non-hydrogen) atoms. The standard InChI is InChI=1S/C13H10O8/c14-4-1-2-5(15)10(18)8(4)12(20)9-6(16)3-7(17)11(19)13(9)21/h1-3,14-19,21H. The van der Waals surface area contributed by atoms with E-state index in [9.17, 15) is 40.5 Å². The van der Waals surface area contributed by atoms with Gasteiger partial charge in [-0.2, -0.15) is 0 Å². The number of ketones is 1. The molecule has 0 aromatic heterocycles. The molecule has 110 valence electrons. The van der Waals surface area contributed by atoms with Crippen LogP contribution in [0, 0.1) is 0 Å². The predicted molar refractivity (Wildman–Crippen MR) is 68.0 cm³/mol. The molecule has 0 spiro atoms. The van der Waals surface area contributed by atoms with E-state index in [2.05, 4.69) is 0 Å². The minimum absolute atomic E-state index is 0.596. The molecule has 0 unspecified atom stereocenters. The van der Waals surface area contributed by atoms with Crippen LogP contribution in [-0.4, -0.2) is 41.5 Å². The highest BCUT2D eigenvalue weighted by atomic mass is 16.3. The minimum Gasteiger partial charge on any atom is -0.507 e. The van der Waals surface area contributed by atoms with Crippen LogP contribution in [0.15, 0.2) is 18.2 Å². The summed E-state index contributed by atoms with van der Waals surface area (Å²) in [5.74, 6) is -7.63. The second-order valence-electron chi connectivity index (χ2n) is 4.14. The maximum Gasteiger partial charge on any atom is 0.208 e. The van der Waals surface area contributed by atoms with Gasteiger partial charge >= 0.3 is 0 Å². The van der Waals surface area contributed by atoms with E-state index in [-0.39, 0.29) is 0 Å². The predicted octanol–water partition coefficient (Wildman–Crippen LogP) is 0.857. The average molecular weight is 294 g/mol. The van der Waals surface area contributed by atoms with Crippen LogP contribution < -0.4 is 0 Å². The molecule has 0 saturated carbocycles. The molecule has 7 N–H and O–H groups in total. The first-order chi connectivity index (χ1) is 9.75. The third-order valence-electron chi connectivity index (χ3n) is 2.82. The van der Waals surface area contributed by atoms with Gasteiger partial charge in [-0.05, 0) is 12.1 Å². The van der Waals surface area contributed by atoms with Gasteiger partial charge in [-0.15, -0.1) is 0 Å². The Morgan fingerprint density at radius 1 is 0.619 bits per heavy atom. The van der Waals surface area contributed by atoms with Gasteiger partial charge in [0.05, 0.1) is 0 Å². The lowest BCUT2D eigenvalue weighted by Crippen LogP contribution is -2.03. The maximum absolute atomic E-state index is 12.2. The summed E-state index contributed by atoms with van der Waals surface area (Å²) in [7, 11) is 0. The Hall–Kier alpha value is -3.29. The highest BCUT2D eigenvalue weighted by Gasteiger charge is 2.28. The van der Waals surface area contributed by atoms with Gasteiger partial charge < -0.3 is 35.7 Å². The van der Waals surface area contributed by atoms with Crippen LogP contribution >= 0.6 is 0 Å². The second kappa shape index (κ2) is 4.67. The smallest absolute Gasteiger partial charge is 0.208 e. The van der Waals surface area contributed by atoms with Crippen LogP contribution in [0.3, 0.4) is 0 Å². The van der Waals surface area contributed by atoms with Crippen LogP contribution in [0.2, 0.25) is 0 Å². The Morgan fingerprint density at radius 3 is 1.76 bits per heavy atom. The molecule has 0 aliphatic rings. The molecule has 2 aromatic carbocycles. The summed E-state index contributed by atoms with van der Waals surface area (Å²) in [6.45, 7) is 0. The molecule has 2 rings (SSSR count). The zero-order valence-electron chi connectivity index (χ0n) is 10.3. The van der Waals surface area contributed by atoms with Crippen molar-refractivity contribution >= 4 is 5.78 Å². The number of aromatic hydroxyl groups is 7. The van der Waals surface area contributed by atoms with Gasteiger partial charge in [0.15, 0.2) is 23.0 Å². The summed E-state index contributed by atoms with van der Waals surface area (Å²) >= 11 is 0. The van der Waals surface area contributed by atoms with Gasteiger partial charge in [-0.1, -0.05) is 0 Å². The Bertz CT molecular complexity index is 751. The van der Waals surface area contributed by atoms with Crippen molar-refractivity contribution in [2.45, 2.75) is 0 Å². The zero-order valence-corrected chi connectivity index (χ0v) is 10.3. The summed E-state index contributed by atoms with van der Waals surface area (Å²) in [6.07, 6.45) is 0. The normalized spacial score (nSPS) is 10.5. The number of phenols is 7. The Morgan fingerprint density at radius 2 is 1.14 bits per heavy atom. The molecule has 0 aliphatic heterocycles. The lowest BCUT2D eigenvalue weighted by Gasteiger charge is -2.11. The van der Waals surface area contributed by atoms with Crippen LogP contribution in [0.25, 0.3) is 0 Å². The van der Waals surface area contributed by atoms with Crippen LogP contribution in [0.5, 0.6) is 40.2 Å². The molecule has 0 radical (unpaired) electrons. The molecule has 0 atom stereocenters. The maximum atomic E-state index is 12.2. The molecule has 0 heterocycles. The largest absolute Gasteiger partial charge is 0.507 e. The Labute approximate surface area is 117 Å². The fourth-order valence-electron chi connectivity index (χ4n) is 1.77. The first kappa shape index (κ1) is 14.1. The van der Waals surface area contributed by atoms with E-state index in [1.807, 2.05) is 0 Å². The fraction of sp³-hybridized carbons (Fsp3) is 0. The van der Waals surface area contributed by atoms with E-state index in [4.69, 9.17) is 0 Å². The van der Waals surface area contributed by atoms with Crippen molar-refractivity contribution in [3.8, 4) is 40.2 Å². The molecule has 8 heteroatoms. The number of hydrogen-bond acceptors (Lipinski definition) is 8. The lowest BCUT2D eigenvalue weighted by molar-refractivity contribution is 0.102. The number of rotatable bonds is 2. The minimum atomic E-state index is -1.27. The van der Waals surface area contributed by atoms with Crippen LogP contribution in [0.4, 0.5) is 0 Å². The summed E-state index contributed by atoms with van der Waals surface area (Å²) in [6, 6.07) is 2.44.